The zero-order valence-electron chi connectivity index (χ0n) is 9.02. The number of pyridine rings is 1. The van der Waals surface area contributed by atoms with Gasteiger partial charge in [-0.3, -0.25) is 0 Å². The molecule has 0 unspecified atom stereocenters. The molecule has 0 amide bonds. The molecule has 90 valence electrons. The smallest absolute Gasteiger partial charge is 0.244 e. The molecule has 0 aliphatic rings. The van der Waals surface area contributed by atoms with Crippen molar-refractivity contribution in [1.29, 1.82) is 5.26 Å². The van der Waals surface area contributed by atoms with E-state index in [0.29, 0.717) is 10.2 Å². The Bertz CT molecular complexity index is 640. The number of hydrogen-bond donors (Lipinski definition) is 1. The number of ether oxygens (including phenoxy) is 1. The summed E-state index contributed by atoms with van der Waals surface area (Å²) in [6.45, 7) is 0. The van der Waals surface area contributed by atoms with E-state index in [1.165, 1.54) is 30.5 Å². The van der Waals surface area contributed by atoms with Crippen molar-refractivity contribution in [3.05, 3.63) is 46.3 Å². The Balaban J connectivity index is 2.38. The minimum atomic E-state index is -0.388. The van der Waals surface area contributed by atoms with Crippen LogP contribution in [0, 0.1) is 17.1 Å². The minimum absolute atomic E-state index is 0.112. The van der Waals surface area contributed by atoms with Crippen molar-refractivity contribution in [3.8, 4) is 17.7 Å². The molecule has 6 heteroatoms. The Morgan fingerprint density at radius 1 is 1.39 bits per heavy atom. The van der Waals surface area contributed by atoms with E-state index in [9.17, 15) is 4.39 Å². The SMILES string of the molecule is N#Cc1ccnc(Oc2ccc(F)cc2Br)c1N. The first kappa shape index (κ1) is 12.3. The molecule has 0 spiro atoms. The van der Waals surface area contributed by atoms with Crippen molar-refractivity contribution in [3.63, 3.8) is 0 Å². The van der Waals surface area contributed by atoms with Gasteiger partial charge in [0.05, 0.1) is 10.0 Å². The largest absolute Gasteiger partial charge is 0.436 e. The lowest BCUT2D eigenvalue weighted by Gasteiger charge is -2.09. The molecular formula is C12H7BrFN3O. The van der Waals surface area contributed by atoms with Crippen LogP contribution in [-0.2, 0) is 0 Å². The second-order valence-corrected chi connectivity index (χ2v) is 4.22. The first-order chi connectivity index (χ1) is 8.61. The summed E-state index contributed by atoms with van der Waals surface area (Å²) >= 11 is 3.17. The van der Waals surface area contributed by atoms with Gasteiger partial charge in [0.1, 0.15) is 23.3 Å². The van der Waals surface area contributed by atoms with Crippen molar-refractivity contribution >= 4 is 21.6 Å². The maximum Gasteiger partial charge on any atom is 0.244 e. The molecule has 0 saturated heterocycles. The van der Waals surface area contributed by atoms with E-state index in [4.69, 9.17) is 15.7 Å². The predicted octanol–water partition coefficient (Wildman–Crippen LogP) is 3.23. The second kappa shape index (κ2) is 5.02. The molecule has 1 aromatic carbocycles. The van der Waals surface area contributed by atoms with Gasteiger partial charge in [0.25, 0.3) is 0 Å². The number of nitrogens with two attached hydrogens (primary N) is 1. The van der Waals surface area contributed by atoms with Crippen LogP contribution in [0.4, 0.5) is 10.1 Å². The van der Waals surface area contributed by atoms with Gasteiger partial charge in [0.15, 0.2) is 0 Å². The zero-order chi connectivity index (χ0) is 13.1. The van der Waals surface area contributed by atoms with Gasteiger partial charge in [-0.15, -0.1) is 0 Å². The van der Waals surface area contributed by atoms with Crippen LogP contribution in [0.2, 0.25) is 0 Å². The predicted molar refractivity (Wildman–Crippen MR) is 67.5 cm³/mol. The monoisotopic (exact) mass is 307 g/mol. The molecule has 0 aliphatic heterocycles. The molecule has 0 saturated carbocycles. The van der Waals surface area contributed by atoms with Gasteiger partial charge in [0.2, 0.25) is 5.88 Å². The molecule has 0 atom stereocenters. The Morgan fingerprint density at radius 2 is 2.17 bits per heavy atom. The van der Waals surface area contributed by atoms with Crippen molar-refractivity contribution < 1.29 is 9.13 Å². The summed E-state index contributed by atoms with van der Waals surface area (Å²) < 4.78 is 18.8. The maximum absolute atomic E-state index is 12.9. The van der Waals surface area contributed by atoms with E-state index >= 15 is 0 Å². The Kier molecular flexibility index (Phi) is 3.44. The fourth-order valence-corrected chi connectivity index (χ4v) is 1.73. The lowest BCUT2D eigenvalue weighted by Crippen LogP contribution is -1.98. The molecule has 0 aliphatic carbocycles. The standard InChI is InChI=1S/C12H7BrFN3O/c13-9-5-8(14)1-2-10(9)18-12-11(16)7(6-15)3-4-17-12/h1-5H,16H2. The normalized spacial score (nSPS) is 9.83. The number of nitrogen functional groups attached to an aromatic ring is 1. The molecular weight excluding hydrogens is 301 g/mol. The van der Waals surface area contributed by atoms with Gasteiger partial charge < -0.3 is 10.5 Å². The van der Waals surface area contributed by atoms with Gasteiger partial charge in [-0.25, -0.2) is 9.37 Å². The van der Waals surface area contributed by atoms with E-state index in [2.05, 4.69) is 20.9 Å². The third kappa shape index (κ3) is 2.41. The van der Waals surface area contributed by atoms with Crippen molar-refractivity contribution in [2.45, 2.75) is 0 Å². The average Bonchev–Trinajstić information content (AvgIpc) is 2.35. The van der Waals surface area contributed by atoms with Crippen LogP contribution in [0.3, 0.4) is 0 Å². The molecule has 2 N–H and O–H groups in total. The van der Waals surface area contributed by atoms with E-state index in [1.54, 1.807) is 0 Å². The third-order valence-electron chi connectivity index (χ3n) is 2.17. The quantitative estimate of drug-likeness (QED) is 0.924. The summed E-state index contributed by atoms with van der Waals surface area (Å²) in [5.74, 6) is 0.0907. The molecule has 0 radical (unpaired) electrons. The summed E-state index contributed by atoms with van der Waals surface area (Å²) in [6.07, 6.45) is 1.42. The topological polar surface area (TPSA) is 71.9 Å². The van der Waals surface area contributed by atoms with Crippen LogP contribution in [0.25, 0.3) is 0 Å². The first-order valence-electron chi connectivity index (χ1n) is 4.89. The van der Waals surface area contributed by atoms with Crippen LogP contribution in [0.1, 0.15) is 5.56 Å². The van der Waals surface area contributed by atoms with E-state index < -0.39 is 0 Å². The Morgan fingerprint density at radius 3 is 2.83 bits per heavy atom. The molecule has 18 heavy (non-hydrogen) atoms. The van der Waals surface area contributed by atoms with Gasteiger partial charge >= 0.3 is 0 Å². The lowest BCUT2D eigenvalue weighted by molar-refractivity contribution is 0.460. The first-order valence-corrected chi connectivity index (χ1v) is 5.68. The number of nitriles is 1. The number of nitrogens with zero attached hydrogens (tertiary/aromatic N) is 2. The highest BCUT2D eigenvalue weighted by molar-refractivity contribution is 9.10. The molecule has 0 fully saturated rings. The van der Waals surface area contributed by atoms with E-state index in [1.807, 2.05) is 6.07 Å². The summed E-state index contributed by atoms with van der Waals surface area (Å²) in [5.41, 5.74) is 6.15. The zero-order valence-corrected chi connectivity index (χ0v) is 10.6. The molecule has 0 bridgehead atoms. The van der Waals surface area contributed by atoms with E-state index in [-0.39, 0.29) is 22.9 Å². The van der Waals surface area contributed by atoms with Crippen molar-refractivity contribution in [2.24, 2.45) is 0 Å². The van der Waals surface area contributed by atoms with Crippen LogP contribution in [0.5, 0.6) is 11.6 Å². The maximum atomic E-state index is 12.9. The minimum Gasteiger partial charge on any atom is -0.436 e. The number of rotatable bonds is 2. The highest BCUT2D eigenvalue weighted by Crippen LogP contribution is 2.32. The number of hydrogen-bond acceptors (Lipinski definition) is 4. The number of anilines is 1. The molecule has 1 aromatic heterocycles. The fraction of sp³-hybridized carbons (Fsp3) is 0. The molecule has 1 heterocycles. The molecule has 2 aromatic rings. The molecule has 4 nitrogen and oxygen atoms in total. The summed E-state index contributed by atoms with van der Waals surface area (Å²) in [6, 6.07) is 7.38. The number of halogens is 2. The number of benzene rings is 1. The van der Waals surface area contributed by atoms with Gasteiger partial charge in [-0.2, -0.15) is 5.26 Å². The summed E-state index contributed by atoms with van der Waals surface area (Å²) in [4.78, 5) is 3.93. The average molecular weight is 308 g/mol. The van der Waals surface area contributed by atoms with Crippen LogP contribution < -0.4 is 10.5 Å². The van der Waals surface area contributed by atoms with Crippen molar-refractivity contribution in [1.82, 2.24) is 4.98 Å². The highest BCUT2D eigenvalue weighted by Gasteiger charge is 2.10. The van der Waals surface area contributed by atoms with Crippen LogP contribution in [-0.4, -0.2) is 4.98 Å². The fourth-order valence-electron chi connectivity index (χ4n) is 1.29. The van der Waals surface area contributed by atoms with Crippen molar-refractivity contribution in [2.75, 3.05) is 5.73 Å². The van der Waals surface area contributed by atoms with Crippen LogP contribution in [0.15, 0.2) is 34.9 Å². The van der Waals surface area contributed by atoms with Crippen LogP contribution >= 0.6 is 15.9 Å². The Hall–Kier alpha value is -2.13. The highest BCUT2D eigenvalue weighted by atomic mass is 79.9. The Labute approximate surface area is 111 Å². The lowest BCUT2D eigenvalue weighted by atomic mass is 10.2. The summed E-state index contributed by atoms with van der Waals surface area (Å²) in [5, 5.41) is 8.83. The molecule has 2 rings (SSSR count). The van der Waals surface area contributed by atoms with Gasteiger partial charge in [-0.1, -0.05) is 0 Å². The van der Waals surface area contributed by atoms with Gasteiger partial charge in [-0.05, 0) is 40.2 Å². The number of aromatic nitrogens is 1. The summed E-state index contributed by atoms with van der Waals surface area (Å²) in [7, 11) is 0. The third-order valence-corrected chi connectivity index (χ3v) is 2.79. The van der Waals surface area contributed by atoms with Gasteiger partial charge in [0, 0.05) is 6.20 Å². The second-order valence-electron chi connectivity index (χ2n) is 3.37. The van der Waals surface area contributed by atoms with E-state index in [0.717, 1.165) is 0 Å².